The van der Waals surface area contributed by atoms with Gasteiger partial charge in [-0.05, 0) is 0 Å². The Balaban J connectivity index is 4.01. The number of rotatable bonds is 7. The van der Waals surface area contributed by atoms with Crippen molar-refractivity contribution in [3.05, 3.63) is 0 Å². The van der Waals surface area contributed by atoms with E-state index in [1.54, 1.807) is 0 Å². The first-order valence-electron chi connectivity index (χ1n) is 4.16. The summed E-state index contributed by atoms with van der Waals surface area (Å²) in [6, 6.07) is -1.36. The largest absolute Gasteiger partial charge is 0.481 e. The van der Waals surface area contributed by atoms with Crippen LogP contribution >= 0.6 is 0 Å². The number of hydrazine groups is 1. The number of nitrogens with one attached hydrogen (secondary N) is 2. The van der Waals surface area contributed by atoms with E-state index in [0.717, 1.165) is 0 Å². The molecule has 0 saturated carbocycles. The molecule has 0 rings (SSSR count). The van der Waals surface area contributed by atoms with Gasteiger partial charge in [0.1, 0.15) is 6.04 Å². The summed E-state index contributed by atoms with van der Waals surface area (Å²) in [6.45, 7) is 0.129. The molecule has 0 aliphatic heterocycles. The molecule has 0 aromatic rings. The number of carbonyl (C=O) groups excluding carboxylic acids is 1. The maximum atomic E-state index is 10.9. The summed E-state index contributed by atoms with van der Waals surface area (Å²) < 4.78 is 0. The molecule has 0 aliphatic rings. The Labute approximate surface area is 85.4 Å². The van der Waals surface area contributed by atoms with Crippen LogP contribution in [0.2, 0.25) is 0 Å². The second-order valence-corrected chi connectivity index (χ2v) is 2.72. The highest BCUT2D eigenvalue weighted by Crippen LogP contribution is 1.90. The zero-order valence-corrected chi connectivity index (χ0v) is 7.90. The minimum absolute atomic E-state index is 0.0341. The smallest absolute Gasteiger partial charge is 0.323 e. The molecule has 8 heteroatoms. The third-order valence-electron chi connectivity index (χ3n) is 1.43. The van der Waals surface area contributed by atoms with Gasteiger partial charge in [0.15, 0.2) is 0 Å². The molecular formula is C7H13N3O5. The molecule has 0 aromatic heterocycles. The summed E-state index contributed by atoms with van der Waals surface area (Å²) in [7, 11) is 0. The first-order chi connectivity index (χ1) is 6.97. The highest BCUT2D eigenvalue weighted by Gasteiger charge is 2.20. The Hall–Kier alpha value is -1.67. The second kappa shape index (κ2) is 6.74. The maximum Gasteiger partial charge on any atom is 0.323 e. The number of amides is 1. The minimum Gasteiger partial charge on any atom is -0.481 e. The molecule has 15 heavy (non-hydrogen) atoms. The Morgan fingerprint density at radius 1 is 1.27 bits per heavy atom. The van der Waals surface area contributed by atoms with Crippen LogP contribution in [0, 0.1) is 0 Å². The molecule has 86 valence electrons. The molecule has 0 unspecified atom stereocenters. The van der Waals surface area contributed by atoms with Gasteiger partial charge in [-0.1, -0.05) is 0 Å². The number of carboxylic acids is 2. The normalized spacial score (nSPS) is 11.8. The first kappa shape index (κ1) is 13.3. The number of carboxylic acid groups (broad SMARTS) is 2. The van der Waals surface area contributed by atoms with Gasteiger partial charge in [0, 0.05) is 13.0 Å². The van der Waals surface area contributed by atoms with Gasteiger partial charge in [0.2, 0.25) is 5.91 Å². The van der Waals surface area contributed by atoms with Crippen molar-refractivity contribution in [3.8, 4) is 0 Å². The van der Waals surface area contributed by atoms with Crippen molar-refractivity contribution in [1.29, 1.82) is 0 Å². The van der Waals surface area contributed by atoms with Crippen LogP contribution in [0.4, 0.5) is 0 Å². The lowest BCUT2D eigenvalue weighted by atomic mass is 10.2. The minimum atomic E-state index is -1.36. The van der Waals surface area contributed by atoms with Crippen molar-refractivity contribution in [3.63, 3.8) is 0 Å². The van der Waals surface area contributed by atoms with Crippen molar-refractivity contribution in [1.82, 2.24) is 10.9 Å². The molecule has 0 heterocycles. The van der Waals surface area contributed by atoms with E-state index in [2.05, 4.69) is 10.9 Å². The lowest BCUT2D eigenvalue weighted by Gasteiger charge is -2.12. The van der Waals surface area contributed by atoms with Crippen LogP contribution in [-0.2, 0) is 14.4 Å². The topological polar surface area (TPSA) is 142 Å². The average molecular weight is 219 g/mol. The van der Waals surface area contributed by atoms with Crippen molar-refractivity contribution in [2.45, 2.75) is 18.9 Å². The summed E-state index contributed by atoms with van der Waals surface area (Å²) in [5.41, 5.74) is 9.23. The Bertz CT molecular complexity index is 255. The highest BCUT2D eigenvalue weighted by molar-refractivity contribution is 5.81. The fourth-order valence-corrected chi connectivity index (χ4v) is 0.736. The summed E-state index contributed by atoms with van der Waals surface area (Å²) in [5, 5.41) is 16.9. The Morgan fingerprint density at radius 3 is 2.27 bits per heavy atom. The number of hydrogen-bond acceptors (Lipinski definition) is 5. The summed E-state index contributed by atoms with van der Waals surface area (Å²) in [6.07, 6.45) is -0.593. The quantitative estimate of drug-likeness (QED) is 0.308. The third-order valence-corrected chi connectivity index (χ3v) is 1.43. The highest BCUT2D eigenvalue weighted by atomic mass is 16.4. The van der Waals surface area contributed by atoms with Crippen LogP contribution in [0.1, 0.15) is 12.8 Å². The van der Waals surface area contributed by atoms with E-state index in [0.29, 0.717) is 0 Å². The Kier molecular flexibility index (Phi) is 5.99. The van der Waals surface area contributed by atoms with Crippen LogP contribution in [0.25, 0.3) is 0 Å². The molecule has 0 saturated heterocycles. The molecule has 1 atom stereocenters. The van der Waals surface area contributed by atoms with Crippen molar-refractivity contribution >= 4 is 17.8 Å². The van der Waals surface area contributed by atoms with Crippen LogP contribution in [0.3, 0.4) is 0 Å². The summed E-state index contributed by atoms with van der Waals surface area (Å²) in [5.74, 6) is -3.12. The van der Waals surface area contributed by atoms with Crippen molar-refractivity contribution in [2.75, 3.05) is 6.54 Å². The lowest BCUT2D eigenvalue weighted by molar-refractivity contribution is -0.146. The van der Waals surface area contributed by atoms with Gasteiger partial charge in [0.25, 0.3) is 0 Å². The molecule has 8 nitrogen and oxygen atoms in total. The third kappa shape index (κ3) is 6.41. The number of nitrogens with two attached hydrogens (primary N) is 1. The first-order valence-corrected chi connectivity index (χ1v) is 4.16. The fourth-order valence-electron chi connectivity index (χ4n) is 0.736. The lowest BCUT2D eigenvalue weighted by Crippen LogP contribution is -2.49. The van der Waals surface area contributed by atoms with Gasteiger partial charge in [-0.2, -0.15) is 0 Å². The van der Waals surface area contributed by atoms with Crippen LogP contribution in [-0.4, -0.2) is 40.6 Å². The van der Waals surface area contributed by atoms with Crippen molar-refractivity contribution < 1.29 is 24.6 Å². The fraction of sp³-hybridized carbons (Fsp3) is 0.571. The maximum absolute atomic E-state index is 10.9. The predicted octanol–water partition coefficient (Wildman–Crippen LogP) is -2.12. The van der Waals surface area contributed by atoms with Gasteiger partial charge in [-0.15, -0.1) is 0 Å². The van der Waals surface area contributed by atoms with Gasteiger partial charge >= 0.3 is 11.9 Å². The van der Waals surface area contributed by atoms with Gasteiger partial charge in [0.05, 0.1) is 6.42 Å². The number of carbonyl (C=O) groups is 3. The average Bonchev–Trinajstić information content (AvgIpc) is 2.11. The summed E-state index contributed by atoms with van der Waals surface area (Å²) in [4.78, 5) is 31.6. The SMILES string of the molecule is NCCC(=O)NN[C@@H](CC(=O)O)C(=O)O. The van der Waals surface area contributed by atoms with E-state index in [1.807, 2.05) is 0 Å². The molecular weight excluding hydrogens is 206 g/mol. The van der Waals surface area contributed by atoms with Gasteiger partial charge in [-0.3, -0.25) is 19.8 Å². The van der Waals surface area contributed by atoms with E-state index in [-0.39, 0.29) is 13.0 Å². The van der Waals surface area contributed by atoms with Gasteiger partial charge < -0.3 is 15.9 Å². The van der Waals surface area contributed by atoms with E-state index in [9.17, 15) is 14.4 Å². The molecule has 0 spiro atoms. The molecule has 0 bridgehead atoms. The second-order valence-electron chi connectivity index (χ2n) is 2.72. The molecule has 1 amide bonds. The number of aliphatic carboxylic acids is 2. The Morgan fingerprint density at radius 2 is 1.87 bits per heavy atom. The standard InChI is InChI=1S/C7H13N3O5/c8-2-1-5(11)10-9-4(7(14)15)3-6(12)13/h4,9H,1-3,8H2,(H,10,11)(H,12,13)(H,14,15)/t4-/m0/s1. The molecule has 0 aliphatic carbocycles. The number of hydrogen-bond donors (Lipinski definition) is 5. The van der Waals surface area contributed by atoms with E-state index in [1.165, 1.54) is 0 Å². The zero-order chi connectivity index (χ0) is 11.8. The molecule has 0 radical (unpaired) electrons. The predicted molar refractivity (Wildman–Crippen MR) is 48.6 cm³/mol. The zero-order valence-electron chi connectivity index (χ0n) is 7.90. The van der Waals surface area contributed by atoms with Crippen LogP contribution in [0.5, 0.6) is 0 Å². The summed E-state index contributed by atoms with van der Waals surface area (Å²) >= 11 is 0. The molecule has 0 aromatic carbocycles. The van der Waals surface area contributed by atoms with Gasteiger partial charge in [-0.25, -0.2) is 5.43 Å². The van der Waals surface area contributed by atoms with Crippen LogP contribution in [0.15, 0.2) is 0 Å². The monoisotopic (exact) mass is 219 g/mol. The van der Waals surface area contributed by atoms with E-state index >= 15 is 0 Å². The van der Waals surface area contributed by atoms with Crippen molar-refractivity contribution in [2.24, 2.45) is 5.73 Å². The molecule has 6 N–H and O–H groups in total. The van der Waals surface area contributed by atoms with E-state index < -0.39 is 30.3 Å². The van der Waals surface area contributed by atoms with E-state index in [4.69, 9.17) is 15.9 Å². The molecule has 0 fully saturated rings. The van der Waals surface area contributed by atoms with Crippen LogP contribution < -0.4 is 16.6 Å².